The molecule has 0 unspecified atom stereocenters. The molecule has 3 heteroatoms. The first-order chi connectivity index (χ1) is 7.75. The third-order valence-electron chi connectivity index (χ3n) is 2.44. The number of ketones is 1. The van der Waals surface area contributed by atoms with Crippen LogP contribution in [0.4, 0.5) is 0 Å². The van der Waals surface area contributed by atoms with Crippen LogP contribution < -0.4 is 0 Å². The van der Waals surface area contributed by atoms with Gasteiger partial charge < -0.3 is 0 Å². The fraction of sp³-hybridized carbons (Fsp3) is 0.231. The lowest BCUT2D eigenvalue weighted by atomic mass is 10.1. The lowest BCUT2D eigenvalue weighted by Gasteiger charge is -2.01. The van der Waals surface area contributed by atoms with E-state index in [1.54, 1.807) is 4.68 Å². The predicted octanol–water partition coefficient (Wildman–Crippen LogP) is 2.46. The molecule has 1 heterocycles. The minimum Gasteiger partial charge on any atom is -0.294 e. The Hall–Kier alpha value is -1.90. The molecule has 3 nitrogen and oxygen atoms in total. The fourth-order valence-electron chi connectivity index (χ4n) is 1.57. The summed E-state index contributed by atoms with van der Waals surface area (Å²) in [6.45, 7) is 2.58. The summed E-state index contributed by atoms with van der Waals surface area (Å²) in [6, 6.07) is 11.3. The van der Waals surface area contributed by atoms with Gasteiger partial charge in [0.2, 0.25) is 0 Å². The summed E-state index contributed by atoms with van der Waals surface area (Å²) < 4.78 is 1.80. The Balaban J connectivity index is 1.94. The molecule has 0 radical (unpaired) electrons. The highest BCUT2D eigenvalue weighted by Crippen LogP contribution is 2.04. The standard InChI is InChI=1S/C13H14N2O/c1-11-7-9-15(14-11)10-8-13(16)12-5-3-2-4-6-12/h2-7,9H,8,10H2,1H3. The van der Waals surface area contributed by atoms with E-state index in [1.165, 1.54) is 0 Å². The van der Waals surface area contributed by atoms with Crippen molar-refractivity contribution in [1.29, 1.82) is 0 Å². The molecule has 0 saturated carbocycles. The molecule has 2 rings (SSSR count). The molecule has 0 spiro atoms. The van der Waals surface area contributed by atoms with Crippen molar-refractivity contribution in [2.75, 3.05) is 0 Å². The van der Waals surface area contributed by atoms with Gasteiger partial charge in [-0.05, 0) is 13.0 Å². The molecule has 1 aromatic carbocycles. The number of Topliss-reactive ketones (excluding diaryl/α,β-unsaturated/α-hetero) is 1. The van der Waals surface area contributed by atoms with Crippen LogP contribution >= 0.6 is 0 Å². The van der Waals surface area contributed by atoms with Gasteiger partial charge in [-0.25, -0.2) is 0 Å². The lowest BCUT2D eigenvalue weighted by Crippen LogP contribution is -2.06. The van der Waals surface area contributed by atoms with Crippen LogP contribution in [0.25, 0.3) is 0 Å². The number of hydrogen-bond donors (Lipinski definition) is 0. The molecule has 0 N–H and O–H groups in total. The lowest BCUT2D eigenvalue weighted by molar-refractivity contribution is 0.0975. The van der Waals surface area contributed by atoms with Crippen LogP contribution in [-0.2, 0) is 6.54 Å². The number of nitrogens with zero attached hydrogens (tertiary/aromatic N) is 2. The SMILES string of the molecule is Cc1ccn(CCC(=O)c2ccccc2)n1. The summed E-state index contributed by atoms with van der Waals surface area (Å²) in [5, 5.41) is 4.24. The maximum atomic E-state index is 11.8. The van der Waals surface area contributed by atoms with E-state index in [0.29, 0.717) is 13.0 Å². The number of aromatic nitrogens is 2. The van der Waals surface area contributed by atoms with E-state index >= 15 is 0 Å². The smallest absolute Gasteiger partial charge is 0.164 e. The Morgan fingerprint density at radius 2 is 2.00 bits per heavy atom. The predicted molar refractivity (Wildman–Crippen MR) is 62.4 cm³/mol. The number of hydrogen-bond acceptors (Lipinski definition) is 2. The number of carbonyl (C=O) groups excluding carboxylic acids is 1. The van der Waals surface area contributed by atoms with Gasteiger partial charge >= 0.3 is 0 Å². The van der Waals surface area contributed by atoms with E-state index in [1.807, 2.05) is 49.5 Å². The van der Waals surface area contributed by atoms with E-state index in [4.69, 9.17) is 0 Å². The van der Waals surface area contributed by atoms with Crippen molar-refractivity contribution in [3.05, 3.63) is 53.9 Å². The Morgan fingerprint density at radius 1 is 1.25 bits per heavy atom. The molecule has 0 amide bonds. The van der Waals surface area contributed by atoms with Crippen molar-refractivity contribution in [3.8, 4) is 0 Å². The molecule has 0 aliphatic rings. The molecular formula is C13H14N2O. The van der Waals surface area contributed by atoms with Gasteiger partial charge in [0.25, 0.3) is 0 Å². The van der Waals surface area contributed by atoms with E-state index < -0.39 is 0 Å². The van der Waals surface area contributed by atoms with Gasteiger partial charge in [-0.1, -0.05) is 30.3 Å². The van der Waals surface area contributed by atoms with Gasteiger partial charge in [0.1, 0.15) is 0 Å². The molecule has 0 aliphatic heterocycles. The second-order valence-corrected chi connectivity index (χ2v) is 3.76. The van der Waals surface area contributed by atoms with Crippen LogP contribution in [0.15, 0.2) is 42.6 Å². The Labute approximate surface area is 94.7 Å². The molecule has 0 fully saturated rings. The van der Waals surface area contributed by atoms with Crippen LogP contribution in [-0.4, -0.2) is 15.6 Å². The van der Waals surface area contributed by atoms with Crippen molar-refractivity contribution < 1.29 is 4.79 Å². The van der Waals surface area contributed by atoms with E-state index in [-0.39, 0.29) is 5.78 Å². The summed E-state index contributed by atoms with van der Waals surface area (Å²) in [5.41, 5.74) is 1.75. The average Bonchev–Trinajstić information content (AvgIpc) is 2.73. The number of benzene rings is 1. The largest absolute Gasteiger partial charge is 0.294 e. The highest BCUT2D eigenvalue weighted by Gasteiger charge is 2.05. The second-order valence-electron chi connectivity index (χ2n) is 3.76. The van der Waals surface area contributed by atoms with Gasteiger partial charge in [0.15, 0.2) is 5.78 Å². The van der Waals surface area contributed by atoms with Crippen molar-refractivity contribution >= 4 is 5.78 Å². The first-order valence-corrected chi connectivity index (χ1v) is 5.34. The zero-order chi connectivity index (χ0) is 11.4. The van der Waals surface area contributed by atoms with Gasteiger partial charge in [-0.3, -0.25) is 9.48 Å². The Kier molecular flexibility index (Phi) is 3.15. The molecule has 2 aromatic rings. The Morgan fingerprint density at radius 3 is 2.62 bits per heavy atom. The number of aryl methyl sites for hydroxylation is 2. The summed E-state index contributed by atoms with van der Waals surface area (Å²) in [4.78, 5) is 11.8. The van der Waals surface area contributed by atoms with E-state index in [9.17, 15) is 4.79 Å². The van der Waals surface area contributed by atoms with Crippen LogP contribution in [0.1, 0.15) is 22.5 Å². The highest BCUT2D eigenvalue weighted by atomic mass is 16.1. The summed E-state index contributed by atoms with van der Waals surface area (Å²) >= 11 is 0. The average molecular weight is 214 g/mol. The zero-order valence-corrected chi connectivity index (χ0v) is 9.26. The molecular weight excluding hydrogens is 200 g/mol. The maximum Gasteiger partial charge on any atom is 0.164 e. The molecule has 82 valence electrons. The summed E-state index contributed by atoms with van der Waals surface area (Å²) in [5.74, 6) is 0.161. The summed E-state index contributed by atoms with van der Waals surface area (Å²) in [6.07, 6.45) is 2.39. The number of carbonyl (C=O) groups is 1. The van der Waals surface area contributed by atoms with Crippen LogP contribution in [0.3, 0.4) is 0 Å². The molecule has 0 aliphatic carbocycles. The maximum absolute atomic E-state index is 11.8. The van der Waals surface area contributed by atoms with Crippen molar-refractivity contribution in [2.24, 2.45) is 0 Å². The van der Waals surface area contributed by atoms with Crippen LogP contribution in [0.2, 0.25) is 0 Å². The third-order valence-corrected chi connectivity index (χ3v) is 2.44. The monoisotopic (exact) mass is 214 g/mol. The third kappa shape index (κ3) is 2.57. The van der Waals surface area contributed by atoms with Crippen molar-refractivity contribution in [2.45, 2.75) is 19.9 Å². The van der Waals surface area contributed by atoms with Crippen molar-refractivity contribution in [3.63, 3.8) is 0 Å². The van der Waals surface area contributed by atoms with E-state index in [0.717, 1.165) is 11.3 Å². The van der Waals surface area contributed by atoms with Gasteiger partial charge in [0, 0.05) is 24.7 Å². The minimum absolute atomic E-state index is 0.161. The quantitative estimate of drug-likeness (QED) is 0.733. The molecule has 1 aromatic heterocycles. The first kappa shape index (κ1) is 10.6. The van der Waals surface area contributed by atoms with Crippen LogP contribution in [0, 0.1) is 6.92 Å². The molecule has 0 saturated heterocycles. The zero-order valence-electron chi connectivity index (χ0n) is 9.26. The normalized spacial score (nSPS) is 10.3. The molecule has 0 bridgehead atoms. The molecule has 0 atom stereocenters. The van der Waals surface area contributed by atoms with Crippen LogP contribution in [0.5, 0.6) is 0 Å². The number of rotatable bonds is 4. The second kappa shape index (κ2) is 4.75. The van der Waals surface area contributed by atoms with Gasteiger partial charge in [-0.2, -0.15) is 5.10 Å². The topological polar surface area (TPSA) is 34.9 Å². The Bertz CT molecular complexity index is 474. The minimum atomic E-state index is 0.161. The van der Waals surface area contributed by atoms with Gasteiger partial charge in [0.05, 0.1) is 5.69 Å². The first-order valence-electron chi connectivity index (χ1n) is 5.34. The van der Waals surface area contributed by atoms with E-state index in [2.05, 4.69) is 5.10 Å². The highest BCUT2D eigenvalue weighted by molar-refractivity contribution is 5.95. The van der Waals surface area contributed by atoms with Crippen molar-refractivity contribution in [1.82, 2.24) is 9.78 Å². The summed E-state index contributed by atoms with van der Waals surface area (Å²) in [7, 11) is 0. The van der Waals surface area contributed by atoms with Gasteiger partial charge in [-0.15, -0.1) is 0 Å². The molecule has 16 heavy (non-hydrogen) atoms. The fourth-order valence-corrected chi connectivity index (χ4v) is 1.57.